The Morgan fingerprint density at radius 2 is 2.18 bits per heavy atom. The lowest BCUT2D eigenvalue weighted by atomic mass is 10.0. The monoisotopic (exact) mass is 238 g/mol. The van der Waals surface area contributed by atoms with E-state index in [9.17, 15) is 0 Å². The van der Waals surface area contributed by atoms with Crippen LogP contribution in [0.2, 0.25) is 0 Å². The number of rotatable bonds is 3. The molecule has 0 aliphatic carbocycles. The molecule has 1 aromatic heterocycles. The van der Waals surface area contributed by atoms with Crippen molar-refractivity contribution in [2.75, 3.05) is 6.54 Å². The van der Waals surface area contributed by atoms with Crippen LogP contribution in [0.1, 0.15) is 52.3 Å². The topological polar surface area (TPSA) is 68.2 Å². The molecule has 0 unspecified atom stereocenters. The minimum absolute atomic E-state index is 0.229. The van der Waals surface area contributed by atoms with E-state index in [0.717, 1.165) is 13.1 Å². The zero-order chi connectivity index (χ0) is 12.7. The van der Waals surface area contributed by atoms with Gasteiger partial charge in [-0.05, 0) is 47.1 Å². The van der Waals surface area contributed by atoms with Crippen molar-refractivity contribution in [1.82, 2.24) is 15.0 Å². The molecule has 2 heterocycles. The lowest BCUT2D eigenvalue weighted by Crippen LogP contribution is -2.37. The Bertz CT molecular complexity index is 391. The van der Waals surface area contributed by atoms with Gasteiger partial charge in [0.2, 0.25) is 5.89 Å². The molecule has 96 valence electrons. The van der Waals surface area contributed by atoms with Gasteiger partial charge < -0.3 is 10.3 Å². The summed E-state index contributed by atoms with van der Waals surface area (Å²) in [7, 11) is 0. The summed E-state index contributed by atoms with van der Waals surface area (Å²) in [4.78, 5) is 6.75. The number of likely N-dealkylation sites (tertiary alicyclic amines) is 1. The van der Waals surface area contributed by atoms with Crippen molar-refractivity contribution in [3.63, 3.8) is 0 Å². The van der Waals surface area contributed by atoms with Crippen LogP contribution in [0, 0.1) is 0 Å². The quantitative estimate of drug-likeness (QED) is 0.867. The molecule has 1 aliphatic rings. The molecule has 5 nitrogen and oxygen atoms in total. The van der Waals surface area contributed by atoms with E-state index in [1.807, 2.05) is 13.8 Å². The highest BCUT2D eigenvalue weighted by molar-refractivity contribution is 5.00. The zero-order valence-electron chi connectivity index (χ0n) is 11.2. The first kappa shape index (κ1) is 12.5. The first-order valence-corrected chi connectivity index (χ1v) is 6.16. The molecule has 1 fully saturated rings. The summed E-state index contributed by atoms with van der Waals surface area (Å²) in [6.45, 7) is 10.1. The molecule has 0 amide bonds. The summed E-state index contributed by atoms with van der Waals surface area (Å²) in [6.07, 6.45) is 2.45. The third kappa shape index (κ3) is 2.66. The van der Waals surface area contributed by atoms with E-state index >= 15 is 0 Å². The highest BCUT2D eigenvalue weighted by atomic mass is 16.5. The minimum atomic E-state index is -0.539. The number of aromatic nitrogens is 2. The van der Waals surface area contributed by atoms with Crippen LogP contribution in [0.15, 0.2) is 4.52 Å². The molecule has 2 N–H and O–H groups in total. The van der Waals surface area contributed by atoms with E-state index in [-0.39, 0.29) is 5.54 Å². The van der Waals surface area contributed by atoms with Crippen molar-refractivity contribution in [2.24, 2.45) is 5.73 Å². The van der Waals surface area contributed by atoms with Gasteiger partial charge in [-0.25, -0.2) is 0 Å². The maximum absolute atomic E-state index is 5.93. The van der Waals surface area contributed by atoms with Crippen molar-refractivity contribution >= 4 is 0 Å². The molecule has 0 saturated carbocycles. The van der Waals surface area contributed by atoms with Crippen LogP contribution in [0.4, 0.5) is 0 Å². The fourth-order valence-corrected chi connectivity index (χ4v) is 2.20. The fraction of sp³-hybridized carbons (Fsp3) is 0.833. The maximum atomic E-state index is 5.93. The molecule has 0 atom stereocenters. The minimum Gasteiger partial charge on any atom is -0.338 e. The van der Waals surface area contributed by atoms with Crippen LogP contribution >= 0.6 is 0 Å². The van der Waals surface area contributed by atoms with E-state index < -0.39 is 5.54 Å². The van der Waals surface area contributed by atoms with Crippen molar-refractivity contribution in [3.05, 3.63) is 11.7 Å². The van der Waals surface area contributed by atoms with Gasteiger partial charge in [0.25, 0.3) is 0 Å². The van der Waals surface area contributed by atoms with Gasteiger partial charge in [-0.1, -0.05) is 5.16 Å². The van der Waals surface area contributed by atoms with E-state index in [4.69, 9.17) is 10.3 Å². The van der Waals surface area contributed by atoms with Gasteiger partial charge in [-0.2, -0.15) is 4.98 Å². The summed E-state index contributed by atoms with van der Waals surface area (Å²) in [5.41, 5.74) is 5.62. The van der Waals surface area contributed by atoms with Gasteiger partial charge in [0.1, 0.15) is 0 Å². The normalized spacial score (nSPS) is 21.0. The summed E-state index contributed by atoms with van der Waals surface area (Å²) >= 11 is 0. The summed E-state index contributed by atoms with van der Waals surface area (Å²) in [5, 5.41) is 3.94. The fourth-order valence-electron chi connectivity index (χ4n) is 2.20. The lowest BCUT2D eigenvalue weighted by molar-refractivity contribution is 0.146. The van der Waals surface area contributed by atoms with E-state index in [1.54, 1.807) is 0 Å². The summed E-state index contributed by atoms with van der Waals surface area (Å²) in [6, 6.07) is 0. The standard InChI is InChI=1S/C12H22N4O/c1-11(2)6-5-7-16(11)8-9-14-10(15-17-9)12(3,4)13/h5-8,13H2,1-4H3. The van der Waals surface area contributed by atoms with Crippen LogP contribution in [-0.2, 0) is 12.1 Å². The van der Waals surface area contributed by atoms with Crippen molar-refractivity contribution in [2.45, 2.75) is 58.2 Å². The summed E-state index contributed by atoms with van der Waals surface area (Å²) < 4.78 is 5.26. The van der Waals surface area contributed by atoms with Crippen molar-refractivity contribution in [1.29, 1.82) is 0 Å². The molecule has 0 radical (unpaired) electrons. The van der Waals surface area contributed by atoms with Crippen molar-refractivity contribution in [3.8, 4) is 0 Å². The molecule has 1 aliphatic heterocycles. The second kappa shape index (κ2) is 4.07. The van der Waals surface area contributed by atoms with Crippen LogP contribution in [0.5, 0.6) is 0 Å². The molecule has 0 bridgehead atoms. The molecule has 1 saturated heterocycles. The summed E-state index contributed by atoms with van der Waals surface area (Å²) in [5.74, 6) is 1.23. The molecule has 2 rings (SSSR count). The van der Waals surface area contributed by atoms with Gasteiger partial charge in [-0.3, -0.25) is 4.90 Å². The Hall–Kier alpha value is -0.940. The predicted octanol–water partition coefficient (Wildman–Crippen LogP) is 1.64. The van der Waals surface area contributed by atoms with Crippen LogP contribution < -0.4 is 5.73 Å². The average Bonchev–Trinajstić information content (AvgIpc) is 2.74. The van der Waals surface area contributed by atoms with E-state index in [1.165, 1.54) is 12.8 Å². The second-order valence-corrected chi connectivity index (χ2v) is 6.07. The van der Waals surface area contributed by atoms with Gasteiger partial charge in [0, 0.05) is 5.54 Å². The highest BCUT2D eigenvalue weighted by Crippen LogP contribution is 2.29. The zero-order valence-corrected chi connectivity index (χ0v) is 11.2. The van der Waals surface area contributed by atoms with Crippen LogP contribution in [0.3, 0.4) is 0 Å². The second-order valence-electron chi connectivity index (χ2n) is 6.07. The lowest BCUT2D eigenvalue weighted by Gasteiger charge is -2.29. The first-order valence-electron chi connectivity index (χ1n) is 6.16. The molecular weight excluding hydrogens is 216 g/mol. The Balaban J connectivity index is 2.07. The number of hydrogen-bond donors (Lipinski definition) is 1. The van der Waals surface area contributed by atoms with Crippen LogP contribution in [0.25, 0.3) is 0 Å². The molecule has 5 heteroatoms. The Morgan fingerprint density at radius 1 is 1.47 bits per heavy atom. The molecule has 17 heavy (non-hydrogen) atoms. The predicted molar refractivity (Wildman–Crippen MR) is 65.2 cm³/mol. The Labute approximate surface area is 102 Å². The third-order valence-electron chi connectivity index (χ3n) is 3.44. The third-order valence-corrected chi connectivity index (χ3v) is 3.44. The van der Waals surface area contributed by atoms with Crippen LogP contribution in [-0.4, -0.2) is 27.1 Å². The van der Waals surface area contributed by atoms with E-state index in [0.29, 0.717) is 11.7 Å². The number of nitrogens with two attached hydrogens (primary N) is 1. The smallest absolute Gasteiger partial charge is 0.240 e. The SMILES string of the molecule is CC(C)(N)c1noc(CN2CCCC2(C)C)n1. The van der Waals surface area contributed by atoms with Gasteiger partial charge in [0.15, 0.2) is 5.82 Å². The van der Waals surface area contributed by atoms with Gasteiger partial charge in [-0.15, -0.1) is 0 Å². The highest BCUT2D eigenvalue weighted by Gasteiger charge is 2.33. The molecule has 0 spiro atoms. The molecule has 1 aromatic rings. The van der Waals surface area contributed by atoms with E-state index in [2.05, 4.69) is 28.9 Å². The van der Waals surface area contributed by atoms with Gasteiger partial charge in [0.05, 0.1) is 12.1 Å². The van der Waals surface area contributed by atoms with Crippen molar-refractivity contribution < 1.29 is 4.52 Å². The maximum Gasteiger partial charge on any atom is 0.240 e. The molecular formula is C12H22N4O. The Kier molecular flexibility index (Phi) is 2.99. The number of nitrogens with zero attached hydrogens (tertiary/aromatic N) is 3. The Morgan fingerprint density at radius 3 is 2.65 bits per heavy atom. The van der Waals surface area contributed by atoms with Gasteiger partial charge >= 0.3 is 0 Å². The molecule has 0 aromatic carbocycles. The largest absolute Gasteiger partial charge is 0.338 e. The average molecular weight is 238 g/mol. The number of hydrogen-bond acceptors (Lipinski definition) is 5. The first-order chi connectivity index (χ1) is 7.79.